The van der Waals surface area contributed by atoms with E-state index in [0.29, 0.717) is 36.8 Å². The van der Waals surface area contributed by atoms with Gasteiger partial charge in [-0.15, -0.1) is 0 Å². The predicted octanol–water partition coefficient (Wildman–Crippen LogP) is 2.90. The van der Waals surface area contributed by atoms with Crippen LogP contribution in [0.4, 0.5) is 10.5 Å². The molecule has 1 aromatic rings. The Kier molecular flexibility index (Phi) is 7.26. The van der Waals surface area contributed by atoms with Gasteiger partial charge in [-0.2, -0.15) is 0 Å². The van der Waals surface area contributed by atoms with Gasteiger partial charge in [0.15, 0.2) is 0 Å². The molecule has 1 heterocycles. The smallest absolute Gasteiger partial charge is 0.339 e. The van der Waals surface area contributed by atoms with Crippen molar-refractivity contribution in [2.75, 3.05) is 32.1 Å². The van der Waals surface area contributed by atoms with Crippen LogP contribution in [0.2, 0.25) is 5.02 Å². The second kappa shape index (κ2) is 9.43. The fourth-order valence-corrected chi connectivity index (χ4v) is 3.07. The van der Waals surface area contributed by atoms with Crippen molar-refractivity contribution in [2.24, 2.45) is 5.92 Å². The number of halogens is 1. The third-order valence-electron chi connectivity index (χ3n) is 4.34. The van der Waals surface area contributed by atoms with Crippen LogP contribution in [-0.2, 0) is 9.53 Å². The topological polar surface area (TPSA) is 87.7 Å². The van der Waals surface area contributed by atoms with E-state index in [-0.39, 0.29) is 23.4 Å². The van der Waals surface area contributed by atoms with Gasteiger partial charge in [-0.05, 0) is 37.0 Å². The molecule has 1 aliphatic rings. The van der Waals surface area contributed by atoms with Crippen LogP contribution in [0.1, 0.15) is 36.5 Å². The molecule has 7 nitrogen and oxygen atoms in total. The molecule has 1 atom stereocenters. The van der Waals surface area contributed by atoms with E-state index in [2.05, 4.69) is 10.6 Å². The number of hydrogen-bond acceptors (Lipinski definition) is 4. The lowest BCUT2D eigenvalue weighted by molar-refractivity contribution is -0.121. The number of piperidine rings is 1. The van der Waals surface area contributed by atoms with E-state index in [4.69, 9.17) is 16.3 Å². The summed E-state index contributed by atoms with van der Waals surface area (Å²) in [6.07, 6.45) is 2.26. The summed E-state index contributed by atoms with van der Waals surface area (Å²) in [4.78, 5) is 37.6. The number of esters is 1. The Hall–Kier alpha value is -2.28. The summed E-state index contributed by atoms with van der Waals surface area (Å²) in [5.41, 5.74) is 0.560. The molecule has 8 heteroatoms. The van der Waals surface area contributed by atoms with Gasteiger partial charge in [0.2, 0.25) is 5.91 Å². The van der Waals surface area contributed by atoms with Crippen molar-refractivity contribution in [3.63, 3.8) is 0 Å². The highest BCUT2D eigenvalue weighted by atomic mass is 35.5. The van der Waals surface area contributed by atoms with Gasteiger partial charge in [0, 0.05) is 31.1 Å². The zero-order valence-electron chi connectivity index (χ0n) is 15.0. The van der Waals surface area contributed by atoms with Crippen molar-refractivity contribution in [2.45, 2.75) is 26.2 Å². The monoisotopic (exact) mass is 381 g/mol. The first-order chi connectivity index (χ1) is 12.4. The number of urea groups is 1. The largest absolute Gasteiger partial charge is 0.465 e. The summed E-state index contributed by atoms with van der Waals surface area (Å²) in [5, 5.41) is 6.03. The molecule has 3 amide bonds. The average molecular weight is 382 g/mol. The Morgan fingerprint density at radius 3 is 2.81 bits per heavy atom. The van der Waals surface area contributed by atoms with Crippen molar-refractivity contribution in [3.05, 3.63) is 28.8 Å². The van der Waals surface area contributed by atoms with Crippen molar-refractivity contribution < 1.29 is 19.1 Å². The first kappa shape index (κ1) is 20.0. The number of nitrogens with one attached hydrogen (secondary N) is 2. The molecule has 1 aromatic carbocycles. The number of benzene rings is 1. The number of anilines is 1. The van der Waals surface area contributed by atoms with Crippen molar-refractivity contribution >= 4 is 35.2 Å². The lowest BCUT2D eigenvalue weighted by atomic mass is 9.98. The molecule has 26 heavy (non-hydrogen) atoms. The molecule has 142 valence electrons. The van der Waals surface area contributed by atoms with Gasteiger partial charge in [-0.1, -0.05) is 18.5 Å². The van der Waals surface area contributed by atoms with Gasteiger partial charge in [-0.3, -0.25) is 4.79 Å². The SMILES string of the molecule is CCC(=O)NC[C@H]1CCCN(C(=O)Nc2cc(Cl)ccc2C(=O)OC)C1. The molecule has 0 aliphatic carbocycles. The highest BCUT2D eigenvalue weighted by Crippen LogP contribution is 2.23. The standard InChI is InChI=1S/C18H24ClN3O4/c1-3-16(23)20-10-12-5-4-8-22(11-12)18(25)21-15-9-13(19)6-7-14(15)17(24)26-2/h6-7,9,12H,3-5,8,10-11H2,1-2H3,(H,20,23)(H,21,25)/t12-/m1/s1. The van der Waals surface area contributed by atoms with E-state index in [1.165, 1.54) is 19.2 Å². The van der Waals surface area contributed by atoms with Crippen LogP contribution in [0.3, 0.4) is 0 Å². The number of methoxy groups -OCH3 is 1. The van der Waals surface area contributed by atoms with Crippen molar-refractivity contribution in [1.82, 2.24) is 10.2 Å². The van der Waals surface area contributed by atoms with E-state index in [0.717, 1.165) is 12.8 Å². The third-order valence-corrected chi connectivity index (χ3v) is 4.58. The highest BCUT2D eigenvalue weighted by Gasteiger charge is 2.25. The van der Waals surface area contributed by atoms with Crippen LogP contribution in [0.15, 0.2) is 18.2 Å². The van der Waals surface area contributed by atoms with Crippen molar-refractivity contribution in [3.8, 4) is 0 Å². The van der Waals surface area contributed by atoms with Crippen LogP contribution in [0, 0.1) is 5.92 Å². The summed E-state index contributed by atoms with van der Waals surface area (Å²) >= 11 is 5.98. The molecule has 2 N–H and O–H groups in total. The number of rotatable bonds is 5. The third kappa shape index (κ3) is 5.36. The van der Waals surface area contributed by atoms with Gasteiger partial charge >= 0.3 is 12.0 Å². The molecular formula is C18H24ClN3O4. The second-order valence-corrected chi connectivity index (χ2v) is 6.66. The molecule has 0 radical (unpaired) electrons. The van der Waals surface area contributed by atoms with E-state index in [1.54, 1.807) is 17.9 Å². The maximum absolute atomic E-state index is 12.6. The van der Waals surface area contributed by atoms with Gasteiger partial charge in [0.25, 0.3) is 0 Å². The lowest BCUT2D eigenvalue weighted by Gasteiger charge is -2.33. The Morgan fingerprint density at radius 2 is 2.12 bits per heavy atom. The summed E-state index contributed by atoms with van der Waals surface area (Å²) in [6, 6.07) is 4.30. The summed E-state index contributed by atoms with van der Waals surface area (Å²) in [6.45, 7) is 3.53. The van der Waals surface area contributed by atoms with Crippen LogP contribution >= 0.6 is 11.6 Å². The van der Waals surface area contributed by atoms with Gasteiger partial charge < -0.3 is 20.3 Å². The zero-order valence-corrected chi connectivity index (χ0v) is 15.8. The molecule has 1 saturated heterocycles. The van der Waals surface area contributed by atoms with E-state index in [9.17, 15) is 14.4 Å². The summed E-state index contributed by atoms with van der Waals surface area (Å²) in [7, 11) is 1.28. The van der Waals surface area contributed by atoms with Crippen molar-refractivity contribution in [1.29, 1.82) is 0 Å². The van der Waals surface area contributed by atoms with E-state index in [1.807, 2.05) is 0 Å². The van der Waals surface area contributed by atoms with Crippen LogP contribution in [-0.4, -0.2) is 49.6 Å². The minimum absolute atomic E-state index is 0.00761. The second-order valence-electron chi connectivity index (χ2n) is 6.22. The van der Waals surface area contributed by atoms with Gasteiger partial charge in [0.1, 0.15) is 0 Å². The fraction of sp³-hybridized carbons (Fsp3) is 0.500. The molecule has 2 rings (SSSR count). The number of carbonyl (C=O) groups excluding carboxylic acids is 3. The fourth-order valence-electron chi connectivity index (χ4n) is 2.90. The molecule has 0 unspecified atom stereocenters. The first-order valence-corrected chi connectivity index (χ1v) is 9.02. The molecule has 0 spiro atoms. The Morgan fingerprint density at radius 1 is 1.35 bits per heavy atom. The molecular weight excluding hydrogens is 358 g/mol. The quantitative estimate of drug-likeness (QED) is 0.767. The van der Waals surface area contributed by atoms with Crippen LogP contribution in [0.25, 0.3) is 0 Å². The minimum atomic E-state index is -0.546. The molecule has 0 saturated carbocycles. The highest BCUT2D eigenvalue weighted by molar-refractivity contribution is 6.31. The summed E-state index contributed by atoms with van der Waals surface area (Å²) < 4.78 is 4.74. The number of hydrogen-bond donors (Lipinski definition) is 2. The number of ether oxygens (including phenoxy) is 1. The zero-order chi connectivity index (χ0) is 19.1. The molecule has 1 aliphatic heterocycles. The maximum atomic E-state index is 12.6. The average Bonchev–Trinajstić information content (AvgIpc) is 2.65. The Balaban J connectivity index is 2.02. The molecule has 1 fully saturated rings. The van der Waals surface area contributed by atoms with E-state index >= 15 is 0 Å². The summed E-state index contributed by atoms with van der Waals surface area (Å²) in [5.74, 6) is -0.326. The molecule has 0 bridgehead atoms. The van der Waals surface area contributed by atoms with Gasteiger partial charge in [-0.25, -0.2) is 9.59 Å². The van der Waals surface area contributed by atoms with Crippen LogP contribution < -0.4 is 10.6 Å². The van der Waals surface area contributed by atoms with Crippen LogP contribution in [0.5, 0.6) is 0 Å². The maximum Gasteiger partial charge on any atom is 0.339 e. The number of nitrogens with zero attached hydrogens (tertiary/aromatic N) is 1. The normalized spacial score (nSPS) is 16.7. The number of likely N-dealkylation sites (tertiary alicyclic amines) is 1. The minimum Gasteiger partial charge on any atom is -0.465 e. The predicted molar refractivity (Wildman–Crippen MR) is 99.4 cm³/mol. The Labute approximate surface area is 158 Å². The van der Waals surface area contributed by atoms with E-state index < -0.39 is 5.97 Å². The molecule has 0 aromatic heterocycles. The first-order valence-electron chi connectivity index (χ1n) is 8.65. The number of amides is 3. The van der Waals surface area contributed by atoms with Gasteiger partial charge in [0.05, 0.1) is 18.4 Å². The Bertz CT molecular complexity index is 680. The lowest BCUT2D eigenvalue weighted by Crippen LogP contribution is -2.45. The number of carbonyl (C=O) groups is 3.